The number of carbonyl (C=O) groups is 1. The molecule has 33 heavy (non-hydrogen) atoms. The first-order chi connectivity index (χ1) is 16.1. The van der Waals surface area contributed by atoms with Gasteiger partial charge in [0.05, 0.1) is 5.41 Å². The third-order valence-corrected chi connectivity index (χ3v) is 6.78. The van der Waals surface area contributed by atoms with Crippen LogP contribution in [-0.4, -0.2) is 35.4 Å². The van der Waals surface area contributed by atoms with Gasteiger partial charge >= 0.3 is 0 Å². The molecule has 0 atom stereocenters. The van der Waals surface area contributed by atoms with Gasteiger partial charge in [0.2, 0.25) is 5.91 Å². The van der Waals surface area contributed by atoms with Crippen molar-refractivity contribution in [3.8, 4) is 11.1 Å². The fourth-order valence-electron chi connectivity index (χ4n) is 4.86. The van der Waals surface area contributed by atoms with Gasteiger partial charge in [-0.05, 0) is 79.2 Å². The largest absolute Gasteiger partial charge is 0.352 e. The molecule has 1 N–H and O–H groups in total. The minimum Gasteiger partial charge on any atom is -0.352 e. The molecule has 0 radical (unpaired) electrons. The van der Waals surface area contributed by atoms with Gasteiger partial charge in [-0.15, -0.1) is 6.58 Å². The van der Waals surface area contributed by atoms with Crippen molar-refractivity contribution in [2.24, 2.45) is 5.41 Å². The average Bonchev–Trinajstić information content (AvgIpc) is 2.85. The van der Waals surface area contributed by atoms with Gasteiger partial charge in [0.1, 0.15) is 0 Å². The molecule has 3 aromatic rings. The van der Waals surface area contributed by atoms with Crippen molar-refractivity contribution < 1.29 is 4.79 Å². The molecule has 2 aromatic carbocycles. The molecule has 1 amide bonds. The number of aromatic nitrogens is 1. The van der Waals surface area contributed by atoms with Crippen molar-refractivity contribution in [3.63, 3.8) is 0 Å². The maximum absolute atomic E-state index is 13.4. The highest BCUT2D eigenvalue weighted by atomic mass is 16.2. The van der Waals surface area contributed by atoms with Crippen LogP contribution in [0.1, 0.15) is 29.5 Å². The van der Waals surface area contributed by atoms with Crippen LogP contribution in [0.3, 0.4) is 0 Å². The Morgan fingerprint density at radius 2 is 1.82 bits per heavy atom. The van der Waals surface area contributed by atoms with Crippen molar-refractivity contribution in [2.45, 2.75) is 32.7 Å². The number of benzene rings is 2. The Bertz CT molecular complexity index is 1080. The number of hydrogen-bond acceptors (Lipinski definition) is 3. The topological polar surface area (TPSA) is 45.2 Å². The maximum Gasteiger partial charge on any atom is 0.226 e. The Morgan fingerprint density at radius 1 is 1.06 bits per heavy atom. The summed E-state index contributed by atoms with van der Waals surface area (Å²) in [6.45, 7) is 9.12. The molecule has 1 saturated heterocycles. The minimum atomic E-state index is -0.401. The number of pyridine rings is 1. The van der Waals surface area contributed by atoms with Gasteiger partial charge in [0, 0.05) is 25.5 Å². The molecule has 4 heteroatoms. The molecule has 4 rings (SSSR count). The standard InChI is InChI=1S/C29H33N3O/c1-3-15-31-28(33)29(13-18-32(19-14-29)22-24-11-16-30-17-12-24)21-25-8-6-9-26(20-25)27-10-5-4-7-23(27)2/h3-12,16-17,20H,1,13-15,18-19,21-22H2,2H3,(H,31,33). The van der Waals surface area contributed by atoms with E-state index in [4.69, 9.17) is 0 Å². The zero-order valence-electron chi connectivity index (χ0n) is 19.5. The number of nitrogens with zero attached hydrogens (tertiary/aromatic N) is 2. The highest BCUT2D eigenvalue weighted by Crippen LogP contribution is 2.37. The lowest BCUT2D eigenvalue weighted by molar-refractivity contribution is -0.133. The minimum absolute atomic E-state index is 0.146. The lowest BCUT2D eigenvalue weighted by atomic mass is 9.72. The number of aryl methyl sites for hydroxylation is 1. The summed E-state index contributed by atoms with van der Waals surface area (Å²) in [5, 5.41) is 3.10. The van der Waals surface area contributed by atoms with E-state index in [-0.39, 0.29) is 5.91 Å². The van der Waals surface area contributed by atoms with E-state index in [1.165, 1.54) is 27.8 Å². The zero-order valence-corrected chi connectivity index (χ0v) is 19.5. The van der Waals surface area contributed by atoms with E-state index in [1.807, 2.05) is 12.4 Å². The molecule has 0 saturated carbocycles. The van der Waals surface area contributed by atoms with Crippen molar-refractivity contribution >= 4 is 5.91 Å². The smallest absolute Gasteiger partial charge is 0.226 e. The first kappa shape index (κ1) is 22.9. The van der Waals surface area contributed by atoms with E-state index in [0.717, 1.165) is 38.9 Å². The van der Waals surface area contributed by atoms with Crippen LogP contribution in [0.25, 0.3) is 11.1 Å². The SMILES string of the molecule is C=CCNC(=O)C1(Cc2cccc(-c3ccccc3C)c2)CCN(Cc2ccncc2)CC1. The second-order valence-corrected chi connectivity index (χ2v) is 9.10. The number of hydrogen-bond donors (Lipinski definition) is 1. The van der Waals surface area contributed by atoms with Crippen LogP contribution in [0.4, 0.5) is 0 Å². The number of nitrogens with one attached hydrogen (secondary N) is 1. The molecule has 2 heterocycles. The van der Waals surface area contributed by atoms with E-state index in [0.29, 0.717) is 6.54 Å². The molecule has 0 spiro atoms. The average molecular weight is 440 g/mol. The van der Waals surface area contributed by atoms with Gasteiger partial charge in [-0.3, -0.25) is 14.7 Å². The fourth-order valence-corrected chi connectivity index (χ4v) is 4.86. The second kappa shape index (κ2) is 10.6. The Morgan fingerprint density at radius 3 is 2.55 bits per heavy atom. The van der Waals surface area contributed by atoms with E-state index < -0.39 is 5.41 Å². The number of likely N-dealkylation sites (tertiary alicyclic amines) is 1. The summed E-state index contributed by atoms with van der Waals surface area (Å²) in [6.07, 6.45) is 7.87. The zero-order chi connectivity index (χ0) is 23.1. The first-order valence-electron chi connectivity index (χ1n) is 11.7. The number of amides is 1. The summed E-state index contributed by atoms with van der Waals surface area (Å²) in [4.78, 5) is 19.9. The van der Waals surface area contributed by atoms with Crippen LogP contribution in [0.15, 0.2) is 85.7 Å². The third-order valence-electron chi connectivity index (χ3n) is 6.78. The van der Waals surface area contributed by atoms with Crippen LogP contribution in [0.2, 0.25) is 0 Å². The summed E-state index contributed by atoms with van der Waals surface area (Å²) in [7, 11) is 0. The predicted octanol–water partition coefficient (Wildman–Crippen LogP) is 5.18. The molecular weight excluding hydrogens is 406 g/mol. The van der Waals surface area contributed by atoms with Gasteiger partial charge in [-0.25, -0.2) is 0 Å². The van der Waals surface area contributed by atoms with E-state index in [9.17, 15) is 4.79 Å². The second-order valence-electron chi connectivity index (χ2n) is 9.10. The Hall–Kier alpha value is -3.24. The van der Waals surface area contributed by atoms with Gasteiger partial charge in [0.15, 0.2) is 0 Å². The van der Waals surface area contributed by atoms with Crippen LogP contribution < -0.4 is 5.32 Å². The molecule has 0 unspecified atom stereocenters. The van der Waals surface area contributed by atoms with Crippen LogP contribution in [0, 0.1) is 12.3 Å². The molecule has 1 aromatic heterocycles. The van der Waals surface area contributed by atoms with Gasteiger partial charge in [0.25, 0.3) is 0 Å². The quantitative estimate of drug-likeness (QED) is 0.492. The maximum atomic E-state index is 13.4. The summed E-state index contributed by atoms with van der Waals surface area (Å²) in [5.41, 5.74) is 5.80. The Balaban J connectivity index is 1.53. The molecule has 1 aliphatic rings. The number of rotatable bonds is 8. The summed E-state index contributed by atoms with van der Waals surface area (Å²) in [6, 6.07) is 21.3. The van der Waals surface area contributed by atoms with Crippen LogP contribution in [0.5, 0.6) is 0 Å². The monoisotopic (exact) mass is 439 g/mol. The van der Waals surface area contributed by atoms with Crippen molar-refractivity contribution in [1.82, 2.24) is 15.2 Å². The first-order valence-corrected chi connectivity index (χ1v) is 11.7. The molecule has 1 aliphatic heterocycles. The van der Waals surface area contributed by atoms with E-state index >= 15 is 0 Å². The molecule has 0 aliphatic carbocycles. The van der Waals surface area contributed by atoms with Gasteiger partial charge in [-0.1, -0.05) is 54.6 Å². The third kappa shape index (κ3) is 5.58. The molecule has 4 nitrogen and oxygen atoms in total. The predicted molar refractivity (Wildman–Crippen MR) is 135 cm³/mol. The number of carbonyl (C=O) groups excluding carboxylic acids is 1. The van der Waals surface area contributed by atoms with Crippen LogP contribution in [-0.2, 0) is 17.8 Å². The van der Waals surface area contributed by atoms with Gasteiger partial charge < -0.3 is 5.32 Å². The van der Waals surface area contributed by atoms with E-state index in [2.05, 4.69) is 89.4 Å². The molecule has 1 fully saturated rings. The Labute approximate surface area is 197 Å². The van der Waals surface area contributed by atoms with E-state index in [1.54, 1.807) is 6.08 Å². The molecular formula is C29H33N3O. The lowest BCUT2D eigenvalue weighted by Gasteiger charge is -2.41. The normalized spacial score (nSPS) is 15.7. The fraction of sp³-hybridized carbons (Fsp3) is 0.310. The van der Waals surface area contributed by atoms with Crippen LogP contribution >= 0.6 is 0 Å². The van der Waals surface area contributed by atoms with Crippen molar-refractivity contribution in [1.29, 1.82) is 0 Å². The Kier molecular flexibility index (Phi) is 7.36. The van der Waals surface area contributed by atoms with Crippen molar-refractivity contribution in [3.05, 3.63) is 102 Å². The lowest BCUT2D eigenvalue weighted by Crippen LogP contribution is -2.50. The highest BCUT2D eigenvalue weighted by Gasteiger charge is 2.41. The summed E-state index contributed by atoms with van der Waals surface area (Å²) >= 11 is 0. The molecule has 0 bridgehead atoms. The highest BCUT2D eigenvalue weighted by molar-refractivity contribution is 5.83. The van der Waals surface area contributed by atoms with Crippen molar-refractivity contribution in [2.75, 3.05) is 19.6 Å². The summed E-state index contributed by atoms with van der Waals surface area (Å²) < 4.78 is 0. The van der Waals surface area contributed by atoms with Gasteiger partial charge in [-0.2, -0.15) is 0 Å². The number of piperidine rings is 1. The molecule has 170 valence electrons. The summed E-state index contributed by atoms with van der Waals surface area (Å²) in [5.74, 6) is 0.146.